The van der Waals surface area contributed by atoms with Crippen molar-refractivity contribution < 1.29 is 44.6 Å². The van der Waals surface area contributed by atoms with Gasteiger partial charge in [-0.25, -0.2) is 0 Å². The molecule has 0 amide bonds. The fourth-order valence-electron chi connectivity index (χ4n) is 1.34. The minimum atomic E-state index is -1.09. The average Bonchev–Trinajstić information content (AvgIpc) is 2.19. The number of carboxylic acids is 1. The third-order valence-corrected chi connectivity index (χ3v) is 2.59. The SMILES string of the molecule is CC(C)(C(=O)[O-])c1ccc(CCO)cc1.[Na+]. The van der Waals surface area contributed by atoms with Gasteiger partial charge in [-0.15, -0.1) is 0 Å². The number of aliphatic carboxylic acids is 1. The van der Waals surface area contributed by atoms with Gasteiger partial charge in [0, 0.05) is 12.0 Å². The molecular weight excluding hydrogens is 215 g/mol. The van der Waals surface area contributed by atoms with Crippen LogP contribution in [0.3, 0.4) is 0 Å². The molecule has 16 heavy (non-hydrogen) atoms. The maximum absolute atomic E-state index is 10.9. The Bertz CT molecular complexity index is 344. The molecule has 0 bridgehead atoms. The van der Waals surface area contributed by atoms with E-state index < -0.39 is 11.4 Å². The summed E-state index contributed by atoms with van der Waals surface area (Å²) in [5.41, 5.74) is 0.733. The molecule has 3 nitrogen and oxygen atoms in total. The van der Waals surface area contributed by atoms with E-state index in [-0.39, 0.29) is 36.2 Å². The molecule has 1 aromatic carbocycles. The molecule has 0 aliphatic carbocycles. The van der Waals surface area contributed by atoms with Gasteiger partial charge in [-0.1, -0.05) is 38.1 Å². The molecule has 4 heteroatoms. The Morgan fingerprint density at radius 3 is 2.19 bits per heavy atom. The molecule has 1 N–H and O–H groups in total. The first-order valence-electron chi connectivity index (χ1n) is 4.90. The Labute approximate surface area is 118 Å². The molecule has 0 atom stereocenters. The Morgan fingerprint density at radius 2 is 1.81 bits per heavy atom. The van der Waals surface area contributed by atoms with E-state index in [1.807, 2.05) is 12.1 Å². The minimum absolute atomic E-state index is 0. The van der Waals surface area contributed by atoms with E-state index >= 15 is 0 Å². The number of carbonyl (C=O) groups is 1. The van der Waals surface area contributed by atoms with Crippen LogP contribution < -0.4 is 34.7 Å². The Hall–Kier alpha value is -0.350. The van der Waals surface area contributed by atoms with Crippen LogP contribution in [-0.2, 0) is 16.6 Å². The van der Waals surface area contributed by atoms with Gasteiger partial charge in [0.2, 0.25) is 0 Å². The maximum Gasteiger partial charge on any atom is 1.00 e. The molecule has 0 aliphatic rings. The standard InChI is InChI=1S/C12H16O3.Na/c1-12(2,11(14)15)10-5-3-9(4-6-10)7-8-13;/h3-6,13H,7-8H2,1-2H3,(H,14,15);/q;+1/p-1. The molecule has 0 unspecified atom stereocenters. The predicted molar refractivity (Wildman–Crippen MR) is 55.3 cm³/mol. The van der Waals surface area contributed by atoms with Gasteiger partial charge in [0.15, 0.2) is 0 Å². The monoisotopic (exact) mass is 230 g/mol. The van der Waals surface area contributed by atoms with E-state index in [1.165, 1.54) is 0 Å². The number of benzene rings is 1. The predicted octanol–water partition coefficient (Wildman–Crippen LogP) is -2.75. The molecule has 0 aliphatic heterocycles. The largest absolute Gasteiger partial charge is 1.00 e. The molecule has 0 radical (unpaired) electrons. The third kappa shape index (κ3) is 3.59. The van der Waals surface area contributed by atoms with Crippen LogP contribution in [0.1, 0.15) is 25.0 Å². The Balaban J connectivity index is 0.00000225. The number of rotatable bonds is 4. The Kier molecular flexibility index (Phi) is 6.26. The molecule has 0 heterocycles. The normalized spacial score (nSPS) is 10.7. The second-order valence-corrected chi connectivity index (χ2v) is 4.08. The van der Waals surface area contributed by atoms with Gasteiger partial charge < -0.3 is 15.0 Å². The van der Waals surface area contributed by atoms with Gasteiger partial charge in [-0.3, -0.25) is 0 Å². The average molecular weight is 230 g/mol. The van der Waals surface area contributed by atoms with E-state index in [0.717, 1.165) is 5.56 Å². The summed E-state index contributed by atoms with van der Waals surface area (Å²) in [6.45, 7) is 3.33. The maximum atomic E-state index is 10.9. The van der Waals surface area contributed by atoms with Gasteiger partial charge >= 0.3 is 29.6 Å². The smallest absolute Gasteiger partial charge is 0.549 e. The molecule has 0 spiro atoms. The number of hydrogen-bond donors (Lipinski definition) is 1. The second-order valence-electron chi connectivity index (χ2n) is 4.08. The van der Waals surface area contributed by atoms with Crippen molar-refractivity contribution in [3.8, 4) is 0 Å². The molecule has 1 aromatic rings. The summed E-state index contributed by atoms with van der Waals surface area (Å²) in [7, 11) is 0. The van der Waals surface area contributed by atoms with E-state index in [4.69, 9.17) is 5.11 Å². The summed E-state index contributed by atoms with van der Waals surface area (Å²) in [6.07, 6.45) is 0.589. The molecule has 1 rings (SSSR count). The van der Waals surface area contributed by atoms with Crippen molar-refractivity contribution in [3.05, 3.63) is 35.4 Å². The first kappa shape index (κ1) is 15.7. The first-order chi connectivity index (χ1) is 6.98. The van der Waals surface area contributed by atoms with Crippen LogP contribution in [0.2, 0.25) is 0 Å². The third-order valence-electron chi connectivity index (χ3n) is 2.59. The van der Waals surface area contributed by atoms with Crippen LogP contribution in [0.5, 0.6) is 0 Å². The van der Waals surface area contributed by atoms with Crippen molar-refractivity contribution in [3.63, 3.8) is 0 Å². The van der Waals surface area contributed by atoms with Gasteiger partial charge in [0.1, 0.15) is 0 Å². The summed E-state index contributed by atoms with van der Waals surface area (Å²) in [5.74, 6) is -1.09. The van der Waals surface area contributed by atoms with E-state index in [2.05, 4.69) is 0 Å². The zero-order chi connectivity index (χ0) is 11.5. The molecule has 0 fully saturated rings. The number of hydrogen-bond acceptors (Lipinski definition) is 3. The second kappa shape index (κ2) is 6.40. The van der Waals surface area contributed by atoms with Crippen molar-refractivity contribution in [1.29, 1.82) is 0 Å². The summed E-state index contributed by atoms with van der Waals surface area (Å²) in [5, 5.41) is 19.6. The zero-order valence-electron chi connectivity index (χ0n) is 9.99. The topological polar surface area (TPSA) is 60.4 Å². The number of aliphatic hydroxyl groups excluding tert-OH is 1. The van der Waals surface area contributed by atoms with Crippen LogP contribution in [0, 0.1) is 0 Å². The van der Waals surface area contributed by atoms with Crippen LogP contribution in [-0.4, -0.2) is 17.7 Å². The number of carbonyl (C=O) groups excluding carboxylic acids is 1. The number of carboxylic acid groups (broad SMARTS) is 1. The molecule has 0 saturated heterocycles. The molecule has 82 valence electrons. The van der Waals surface area contributed by atoms with Gasteiger partial charge in [0.05, 0.1) is 5.97 Å². The first-order valence-corrected chi connectivity index (χ1v) is 4.90. The zero-order valence-corrected chi connectivity index (χ0v) is 12.0. The summed E-state index contributed by atoms with van der Waals surface area (Å²) in [4.78, 5) is 10.9. The van der Waals surface area contributed by atoms with E-state index in [1.54, 1.807) is 26.0 Å². The van der Waals surface area contributed by atoms with Crippen LogP contribution in [0.25, 0.3) is 0 Å². The van der Waals surface area contributed by atoms with Crippen molar-refractivity contribution in [2.45, 2.75) is 25.7 Å². The van der Waals surface area contributed by atoms with Crippen molar-refractivity contribution in [2.75, 3.05) is 6.61 Å². The van der Waals surface area contributed by atoms with Crippen LogP contribution >= 0.6 is 0 Å². The summed E-state index contributed by atoms with van der Waals surface area (Å²) >= 11 is 0. The van der Waals surface area contributed by atoms with Gasteiger partial charge in [-0.05, 0) is 17.5 Å². The van der Waals surface area contributed by atoms with Crippen molar-refractivity contribution in [2.24, 2.45) is 0 Å². The molecule has 0 saturated carbocycles. The van der Waals surface area contributed by atoms with E-state index in [9.17, 15) is 9.90 Å². The number of aliphatic hydroxyl groups is 1. The van der Waals surface area contributed by atoms with Crippen LogP contribution in [0.4, 0.5) is 0 Å². The van der Waals surface area contributed by atoms with E-state index in [0.29, 0.717) is 12.0 Å². The Morgan fingerprint density at radius 1 is 1.31 bits per heavy atom. The van der Waals surface area contributed by atoms with Crippen molar-refractivity contribution in [1.82, 2.24) is 0 Å². The summed E-state index contributed by atoms with van der Waals surface area (Å²) < 4.78 is 0. The fraction of sp³-hybridized carbons (Fsp3) is 0.417. The minimum Gasteiger partial charge on any atom is -0.549 e. The quantitative estimate of drug-likeness (QED) is 0.571. The van der Waals surface area contributed by atoms with Crippen molar-refractivity contribution >= 4 is 5.97 Å². The molecular formula is C12H15NaO3. The van der Waals surface area contributed by atoms with Crippen LogP contribution in [0.15, 0.2) is 24.3 Å². The van der Waals surface area contributed by atoms with Gasteiger partial charge in [-0.2, -0.15) is 0 Å². The summed E-state index contributed by atoms with van der Waals surface area (Å²) in [6, 6.07) is 7.19. The fourth-order valence-corrected chi connectivity index (χ4v) is 1.34. The van der Waals surface area contributed by atoms with Gasteiger partial charge in [0.25, 0.3) is 0 Å². The molecule has 0 aromatic heterocycles.